The largest absolute Gasteiger partial charge is 0.361 e. The van der Waals surface area contributed by atoms with Crippen LogP contribution in [-0.4, -0.2) is 43.3 Å². The predicted octanol–water partition coefficient (Wildman–Crippen LogP) is -0.633. The van der Waals surface area contributed by atoms with E-state index >= 15 is 0 Å². The average molecular weight is 118 g/mol. The van der Waals surface area contributed by atoms with E-state index in [1.807, 2.05) is 21.1 Å². The van der Waals surface area contributed by atoms with Gasteiger partial charge in [-0.3, -0.25) is 4.74 Å². The van der Waals surface area contributed by atoms with Crippen molar-refractivity contribution in [1.82, 2.24) is 0 Å². The monoisotopic (exact) mass is 118 g/mol. The van der Waals surface area contributed by atoms with Crippen molar-refractivity contribution >= 4 is 0 Å². The van der Waals surface area contributed by atoms with Crippen LogP contribution < -0.4 is 0 Å². The Morgan fingerprint density at radius 2 is 1.75 bits per heavy atom. The van der Waals surface area contributed by atoms with Gasteiger partial charge in [0.1, 0.15) is 0 Å². The molecule has 0 amide bonds. The Kier molecular flexibility index (Phi) is 1.08. The molecule has 1 aliphatic rings. The van der Waals surface area contributed by atoms with E-state index in [1.54, 1.807) is 0 Å². The number of epoxide rings is 1. The van der Waals surface area contributed by atoms with Crippen LogP contribution in [-0.2, 0) is 4.74 Å². The fourth-order valence-electron chi connectivity index (χ4n) is 0.663. The quantitative estimate of drug-likeness (QED) is 0.367. The molecule has 0 spiro atoms. The molecule has 0 radical (unpaired) electrons. The highest BCUT2D eigenvalue weighted by Crippen LogP contribution is 2.24. The Morgan fingerprint density at radius 1 is 1.38 bits per heavy atom. The molecule has 3 nitrogen and oxygen atoms in total. The minimum absolute atomic E-state index is 0.00926. The topological polar surface area (TPSA) is 32.8 Å². The lowest BCUT2D eigenvalue weighted by Gasteiger charge is -2.19. The summed E-state index contributed by atoms with van der Waals surface area (Å²) in [4.78, 5) is 0. The van der Waals surface area contributed by atoms with Gasteiger partial charge in [-0.1, -0.05) is 0 Å². The number of aliphatic hydroxyl groups excluding tert-OH is 1. The summed E-state index contributed by atoms with van der Waals surface area (Å²) < 4.78 is 5.49. The van der Waals surface area contributed by atoms with Gasteiger partial charge in [-0.2, -0.15) is 0 Å². The highest BCUT2D eigenvalue weighted by atomic mass is 16.7. The van der Waals surface area contributed by atoms with E-state index < -0.39 is 6.29 Å². The molecule has 1 rings (SSSR count). The molecule has 1 heterocycles. The van der Waals surface area contributed by atoms with Gasteiger partial charge in [0.25, 0.3) is 0 Å². The minimum Gasteiger partial charge on any atom is -0.361 e. The number of nitrogens with zero attached hydrogens (tertiary/aromatic N) is 1. The van der Waals surface area contributed by atoms with E-state index in [0.29, 0.717) is 4.48 Å². The number of likely N-dealkylation sites (N-methyl/N-ethyl adjacent to an activating group) is 1. The predicted molar refractivity (Wildman–Crippen MR) is 28.9 cm³/mol. The van der Waals surface area contributed by atoms with Crippen molar-refractivity contribution in [2.45, 2.75) is 12.5 Å². The van der Waals surface area contributed by atoms with Crippen molar-refractivity contribution in [1.29, 1.82) is 0 Å². The van der Waals surface area contributed by atoms with Gasteiger partial charge in [0.2, 0.25) is 12.5 Å². The summed E-state index contributed by atoms with van der Waals surface area (Å²) in [6, 6.07) is 0. The van der Waals surface area contributed by atoms with E-state index in [9.17, 15) is 0 Å². The normalized spacial score (nSPS) is 37.5. The summed E-state index contributed by atoms with van der Waals surface area (Å²) >= 11 is 0. The highest BCUT2D eigenvalue weighted by Gasteiger charge is 2.48. The molecule has 0 saturated carbocycles. The molecule has 1 saturated heterocycles. The number of quaternary nitrogens is 1. The van der Waals surface area contributed by atoms with E-state index in [0.717, 1.165) is 0 Å². The van der Waals surface area contributed by atoms with Gasteiger partial charge in [-0.25, -0.2) is 0 Å². The summed E-state index contributed by atoms with van der Waals surface area (Å²) in [5.41, 5.74) is 0. The smallest absolute Gasteiger partial charge is 0.247 e. The van der Waals surface area contributed by atoms with Gasteiger partial charge in [0, 0.05) is 0 Å². The van der Waals surface area contributed by atoms with Crippen molar-refractivity contribution in [2.75, 3.05) is 21.1 Å². The van der Waals surface area contributed by atoms with E-state index in [2.05, 4.69) is 0 Å². The molecule has 1 N–H and O–H groups in total. The second kappa shape index (κ2) is 1.43. The first kappa shape index (κ1) is 6.01. The first-order valence-corrected chi connectivity index (χ1v) is 2.66. The van der Waals surface area contributed by atoms with Crippen LogP contribution in [0, 0.1) is 0 Å². The van der Waals surface area contributed by atoms with Crippen molar-refractivity contribution < 1.29 is 14.3 Å². The number of hydrogen-bond donors (Lipinski definition) is 1. The Balaban J connectivity index is 2.39. The summed E-state index contributed by atoms with van der Waals surface area (Å²) in [5.74, 6) is 0. The lowest BCUT2D eigenvalue weighted by atomic mass is 10.5. The molecule has 0 aromatic carbocycles. The van der Waals surface area contributed by atoms with Crippen LogP contribution in [0.1, 0.15) is 0 Å². The van der Waals surface area contributed by atoms with Crippen LogP contribution >= 0.6 is 0 Å². The van der Waals surface area contributed by atoms with Crippen molar-refractivity contribution in [3.05, 3.63) is 0 Å². The Labute approximate surface area is 49.1 Å². The first-order valence-electron chi connectivity index (χ1n) is 2.66. The van der Waals surface area contributed by atoms with E-state index in [1.165, 1.54) is 0 Å². The fourth-order valence-corrected chi connectivity index (χ4v) is 0.663. The Bertz CT molecular complexity index is 97.1. The molecule has 0 aliphatic carbocycles. The van der Waals surface area contributed by atoms with Crippen LogP contribution in [0.3, 0.4) is 0 Å². The average Bonchev–Trinajstić information content (AvgIpc) is 2.13. The van der Waals surface area contributed by atoms with Gasteiger partial charge in [-0.05, 0) is 0 Å². The van der Waals surface area contributed by atoms with E-state index in [-0.39, 0.29) is 6.23 Å². The molecule has 48 valence electrons. The minimum atomic E-state index is -0.519. The van der Waals surface area contributed by atoms with Crippen LogP contribution in [0.4, 0.5) is 0 Å². The lowest BCUT2D eigenvalue weighted by molar-refractivity contribution is -0.892. The summed E-state index contributed by atoms with van der Waals surface area (Å²) in [6.07, 6.45) is -0.509. The zero-order valence-corrected chi connectivity index (χ0v) is 5.46. The van der Waals surface area contributed by atoms with Crippen molar-refractivity contribution in [3.8, 4) is 0 Å². The van der Waals surface area contributed by atoms with Gasteiger partial charge in [0.15, 0.2) is 0 Å². The molecule has 1 fully saturated rings. The molecule has 2 unspecified atom stereocenters. The third-order valence-electron chi connectivity index (χ3n) is 1.21. The van der Waals surface area contributed by atoms with Crippen LogP contribution in [0.25, 0.3) is 0 Å². The molecule has 0 aromatic rings. The lowest BCUT2D eigenvalue weighted by Crippen LogP contribution is -2.38. The van der Waals surface area contributed by atoms with Gasteiger partial charge in [0.05, 0.1) is 21.1 Å². The fraction of sp³-hybridized carbons (Fsp3) is 1.00. The first-order chi connectivity index (χ1) is 3.52. The van der Waals surface area contributed by atoms with Crippen molar-refractivity contribution in [3.63, 3.8) is 0 Å². The van der Waals surface area contributed by atoms with Crippen LogP contribution in [0.2, 0.25) is 0 Å². The third-order valence-corrected chi connectivity index (χ3v) is 1.21. The molecule has 3 heteroatoms. The highest BCUT2D eigenvalue weighted by molar-refractivity contribution is 4.62. The second-order valence-electron chi connectivity index (χ2n) is 3.03. The van der Waals surface area contributed by atoms with E-state index in [4.69, 9.17) is 9.84 Å². The maximum atomic E-state index is 8.72. The van der Waals surface area contributed by atoms with Gasteiger partial charge < -0.3 is 9.59 Å². The molecular weight excluding hydrogens is 106 g/mol. The summed E-state index contributed by atoms with van der Waals surface area (Å²) in [5, 5.41) is 8.72. The number of rotatable bonds is 1. The molecule has 0 bridgehead atoms. The molecule has 2 atom stereocenters. The number of hydrogen-bond acceptors (Lipinski definition) is 2. The molecule has 0 aromatic heterocycles. The Morgan fingerprint density at radius 3 is 1.75 bits per heavy atom. The van der Waals surface area contributed by atoms with Crippen molar-refractivity contribution in [2.24, 2.45) is 0 Å². The van der Waals surface area contributed by atoms with Crippen LogP contribution in [0.5, 0.6) is 0 Å². The zero-order valence-electron chi connectivity index (χ0n) is 5.46. The zero-order chi connectivity index (χ0) is 6.36. The maximum Gasteiger partial charge on any atom is 0.247 e. The summed E-state index contributed by atoms with van der Waals surface area (Å²) in [6.45, 7) is 0. The maximum absolute atomic E-state index is 8.72. The molecule has 8 heavy (non-hydrogen) atoms. The SMILES string of the molecule is C[N+](C)(C)C1OC1O. The third kappa shape index (κ3) is 0.992. The van der Waals surface area contributed by atoms with Gasteiger partial charge in [-0.15, -0.1) is 0 Å². The van der Waals surface area contributed by atoms with Gasteiger partial charge >= 0.3 is 0 Å². The standard InChI is InChI=1S/C5H12NO2/c1-6(2,3)4-5(7)8-4/h4-5,7H,1-3H3/q+1. The summed E-state index contributed by atoms with van der Waals surface area (Å²) in [7, 11) is 5.96. The Hall–Kier alpha value is -0.120. The number of ether oxygens (including phenoxy) is 1. The number of aliphatic hydroxyl groups is 1. The molecular formula is C5H12NO2+. The van der Waals surface area contributed by atoms with Crippen LogP contribution in [0.15, 0.2) is 0 Å². The second-order valence-corrected chi connectivity index (χ2v) is 3.03. The molecule has 1 aliphatic heterocycles.